The van der Waals surface area contributed by atoms with E-state index in [4.69, 9.17) is 4.55 Å². The molecule has 0 spiro atoms. The van der Waals surface area contributed by atoms with Gasteiger partial charge in [-0.1, -0.05) is 25.5 Å². The molecule has 0 aliphatic carbocycles. The van der Waals surface area contributed by atoms with Crippen LogP contribution in [0.2, 0.25) is 0 Å². The maximum Gasteiger partial charge on any atom is 0.418 e. The maximum absolute atomic E-state index is 12.6. The van der Waals surface area contributed by atoms with Crippen molar-refractivity contribution in [2.45, 2.75) is 44.7 Å². The van der Waals surface area contributed by atoms with E-state index in [1.54, 1.807) is 6.07 Å². The Morgan fingerprint density at radius 1 is 1.38 bits per heavy atom. The number of nitrogens with one attached hydrogen (secondary N) is 1. The highest BCUT2D eigenvalue weighted by Gasteiger charge is 2.49. The summed E-state index contributed by atoms with van der Waals surface area (Å²) in [4.78, 5) is 26.2. The number of piperidine rings is 1. The zero-order valence-electron chi connectivity index (χ0n) is 14.3. The molecule has 2 fully saturated rings. The number of aryl methyl sites for hydroxylation is 1. The van der Waals surface area contributed by atoms with Crippen molar-refractivity contribution >= 4 is 28.0 Å². The first-order valence-corrected chi connectivity index (χ1v) is 9.81. The number of rotatable bonds is 6. The van der Waals surface area contributed by atoms with Crippen LogP contribution in [0.25, 0.3) is 0 Å². The van der Waals surface area contributed by atoms with Gasteiger partial charge >= 0.3 is 16.4 Å². The van der Waals surface area contributed by atoms with E-state index in [1.807, 2.05) is 18.2 Å². The highest BCUT2D eigenvalue weighted by molar-refractivity contribution is 7.80. The highest BCUT2D eigenvalue weighted by atomic mass is 32.3. The lowest BCUT2D eigenvalue weighted by Crippen LogP contribution is -2.47. The molecule has 2 bridgehead atoms. The van der Waals surface area contributed by atoms with E-state index in [1.165, 1.54) is 4.90 Å². The van der Waals surface area contributed by atoms with Crippen LogP contribution in [-0.4, -0.2) is 53.5 Å². The summed E-state index contributed by atoms with van der Waals surface area (Å²) in [6, 6.07) is 5.54. The molecule has 2 aliphatic rings. The Morgan fingerprint density at radius 3 is 2.85 bits per heavy atom. The van der Waals surface area contributed by atoms with Gasteiger partial charge in [0.25, 0.3) is 0 Å². The van der Waals surface area contributed by atoms with Crippen molar-refractivity contribution in [3.8, 4) is 0 Å². The first-order valence-electron chi connectivity index (χ1n) is 8.45. The second-order valence-corrected chi connectivity index (χ2v) is 7.45. The molecule has 142 valence electrons. The van der Waals surface area contributed by atoms with Crippen LogP contribution in [0, 0.1) is 0 Å². The summed E-state index contributed by atoms with van der Waals surface area (Å²) in [7, 11) is -4.80. The highest BCUT2D eigenvalue weighted by Crippen LogP contribution is 2.31. The lowest BCUT2D eigenvalue weighted by atomic mass is 10.00. The van der Waals surface area contributed by atoms with Gasteiger partial charge in [0.1, 0.15) is 6.04 Å². The van der Waals surface area contributed by atoms with Gasteiger partial charge in [0, 0.05) is 12.2 Å². The number of nitrogens with zero attached hydrogens (tertiary/aromatic N) is 2. The molecule has 3 amide bonds. The van der Waals surface area contributed by atoms with Gasteiger partial charge in [-0.15, -0.1) is 4.28 Å². The zero-order valence-corrected chi connectivity index (χ0v) is 15.1. The van der Waals surface area contributed by atoms with Gasteiger partial charge in [-0.25, -0.2) is 4.79 Å². The van der Waals surface area contributed by atoms with Crippen LogP contribution in [0.15, 0.2) is 24.3 Å². The lowest BCUT2D eigenvalue weighted by molar-refractivity contribution is -0.120. The van der Waals surface area contributed by atoms with E-state index >= 15 is 0 Å². The average Bonchev–Trinajstić information content (AvgIpc) is 2.79. The van der Waals surface area contributed by atoms with Crippen LogP contribution >= 0.6 is 0 Å². The predicted octanol–water partition coefficient (Wildman–Crippen LogP) is 1.58. The van der Waals surface area contributed by atoms with Crippen LogP contribution in [0.1, 0.15) is 31.7 Å². The number of anilines is 1. The summed E-state index contributed by atoms with van der Waals surface area (Å²) < 4.78 is 35.0. The summed E-state index contributed by atoms with van der Waals surface area (Å²) in [6.07, 6.45) is 2.67. The summed E-state index contributed by atoms with van der Waals surface area (Å²) in [5.41, 5.74) is 1.76. The molecule has 2 aliphatic heterocycles. The number of benzene rings is 1. The van der Waals surface area contributed by atoms with Gasteiger partial charge in [-0.2, -0.15) is 13.5 Å². The number of hydrogen-bond donors (Lipinski definition) is 2. The van der Waals surface area contributed by atoms with E-state index in [2.05, 4.69) is 16.5 Å². The number of carbonyl (C=O) groups is 2. The lowest BCUT2D eigenvalue weighted by Gasteiger charge is -2.29. The molecule has 26 heavy (non-hydrogen) atoms. The fourth-order valence-corrected chi connectivity index (χ4v) is 3.81. The average molecular weight is 383 g/mol. The number of amides is 3. The van der Waals surface area contributed by atoms with Crippen molar-refractivity contribution in [1.82, 2.24) is 9.96 Å². The molecule has 2 heterocycles. The zero-order chi connectivity index (χ0) is 18.9. The Morgan fingerprint density at radius 2 is 2.15 bits per heavy atom. The van der Waals surface area contributed by atoms with Gasteiger partial charge in [-0.05, 0) is 37.0 Å². The summed E-state index contributed by atoms with van der Waals surface area (Å²) in [6.45, 7) is 2.24. The third-order valence-electron chi connectivity index (χ3n) is 4.53. The van der Waals surface area contributed by atoms with Crippen molar-refractivity contribution in [3.63, 3.8) is 0 Å². The summed E-state index contributed by atoms with van der Waals surface area (Å²) in [5, 5.41) is 3.45. The molecule has 0 radical (unpaired) electrons. The van der Waals surface area contributed by atoms with Gasteiger partial charge in [0.05, 0.1) is 6.04 Å². The molecule has 2 N–H and O–H groups in total. The molecular weight excluding hydrogens is 362 g/mol. The molecule has 1 aromatic rings. The molecule has 1 aromatic carbocycles. The fraction of sp³-hybridized carbons (Fsp3) is 0.500. The van der Waals surface area contributed by atoms with Crippen LogP contribution in [-0.2, 0) is 25.9 Å². The minimum atomic E-state index is -4.80. The molecule has 2 saturated heterocycles. The minimum Gasteiger partial charge on any atom is -0.324 e. The Hall–Kier alpha value is -2.17. The molecule has 0 aromatic heterocycles. The first-order chi connectivity index (χ1) is 12.3. The smallest absolute Gasteiger partial charge is 0.324 e. The number of urea groups is 1. The monoisotopic (exact) mass is 383 g/mol. The standard InChI is InChI=1S/C16H21N3O6S/c1-2-4-11-5-3-6-12(9-11)17-15(20)14-8-7-13-10-18(14)16(21)19(13)25-26(22,23)24/h3,5-6,9,13-14H,2,4,7-8,10H2,1H3,(H,17,20)(H,22,23,24)/t13-,14+/m1/s1. The van der Waals surface area contributed by atoms with E-state index in [0.29, 0.717) is 23.6 Å². The van der Waals surface area contributed by atoms with E-state index in [9.17, 15) is 18.0 Å². The Labute approximate surface area is 151 Å². The van der Waals surface area contributed by atoms with Crippen LogP contribution in [0.4, 0.5) is 10.5 Å². The molecular formula is C16H21N3O6S. The van der Waals surface area contributed by atoms with Crippen molar-refractivity contribution in [3.05, 3.63) is 29.8 Å². The van der Waals surface area contributed by atoms with E-state index in [-0.39, 0.29) is 12.5 Å². The van der Waals surface area contributed by atoms with Crippen molar-refractivity contribution in [1.29, 1.82) is 0 Å². The van der Waals surface area contributed by atoms with Crippen molar-refractivity contribution in [2.24, 2.45) is 0 Å². The molecule has 10 heteroatoms. The Bertz CT molecular complexity index is 812. The quantitative estimate of drug-likeness (QED) is 0.721. The largest absolute Gasteiger partial charge is 0.418 e. The maximum atomic E-state index is 12.6. The van der Waals surface area contributed by atoms with E-state index in [0.717, 1.165) is 18.4 Å². The second kappa shape index (κ2) is 7.22. The number of fused-ring (bicyclic) bond motifs is 2. The van der Waals surface area contributed by atoms with Gasteiger partial charge in [0.2, 0.25) is 5.91 Å². The number of carbonyl (C=O) groups excluding carboxylic acids is 2. The molecule has 3 rings (SSSR count). The van der Waals surface area contributed by atoms with Gasteiger partial charge in [-0.3, -0.25) is 9.35 Å². The fourth-order valence-electron chi connectivity index (χ4n) is 3.42. The predicted molar refractivity (Wildman–Crippen MR) is 92.5 cm³/mol. The van der Waals surface area contributed by atoms with Crippen molar-refractivity contribution in [2.75, 3.05) is 11.9 Å². The molecule has 9 nitrogen and oxygen atoms in total. The number of hydrogen-bond acceptors (Lipinski definition) is 5. The number of hydroxylamine groups is 2. The third kappa shape index (κ3) is 3.97. The van der Waals surface area contributed by atoms with Crippen LogP contribution < -0.4 is 5.32 Å². The van der Waals surface area contributed by atoms with Gasteiger partial charge < -0.3 is 10.2 Å². The van der Waals surface area contributed by atoms with Crippen molar-refractivity contribution < 1.29 is 26.8 Å². The van der Waals surface area contributed by atoms with Crippen LogP contribution in [0.3, 0.4) is 0 Å². The Kier molecular flexibility index (Phi) is 5.17. The second-order valence-electron chi connectivity index (χ2n) is 6.45. The Balaban J connectivity index is 1.70. The third-order valence-corrected chi connectivity index (χ3v) is 4.88. The van der Waals surface area contributed by atoms with Crippen LogP contribution in [0.5, 0.6) is 0 Å². The van der Waals surface area contributed by atoms with E-state index < -0.39 is 28.5 Å². The first kappa shape index (κ1) is 18.6. The molecule has 0 unspecified atom stereocenters. The SMILES string of the molecule is CCCc1cccc(NC(=O)[C@@H]2CC[C@@H]3CN2C(=O)N3OS(=O)(=O)O)c1. The summed E-state index contributed by atoms with van der Waals surface area (Å²) in [5.74, 6) is -0.334. The normalized spacial score (nSPS) is 22.6. The minimum absolute atomic E-state index is 0.169. The topological polar surface area (TPSA) is 116 Å². The summed E-state index contributed by atoms with van der Waals surface area (Å²) >= 11 is 0. The molecule has 0 saturated carbocycles. The molecule has 2 atom stereocenters. The van der Waals surface area contributed by atoms with Gasteiger partial charge in [0.15, 0.2) is 0 Å².